The van der Waals surface area contributed by atoms with Crippen LogP contribution in [-0.4, -0.2) is 46.1 Å². The van der Waals surface area contributed by atoms with E-state index in [0.29, 0.717) is 17.1 Å². The molecule has 0 atom stereocenters. The Hall–Kier alpha value is -2.30. The number of hydrogen-bond donors (Lipinski definition) is 0. The first-order valence-electron chi connectivity index (χ1n) is 9.44. The Balaban J connectivity index is 1.97. The van der Waals surface area contributed by atoms with E-state index in [-0.39, 0.29) is 18.0 Å². The number of hydrogen-bond acceptors (Lipinski definition) is 5. The van der Waals surface area contributed by atoms with Gasteiger partial charge in [-0.1, -0.05) is 30.3 Å². The molecule has 0 saturated heterocycles. The van der Waals surface area contributed by atoms with Crippen LogP contribution >= 0.6 is 11.3 Å². The zero-order chi connectivity index (χ0) is 22.8. The monoisotopic (exact) mass is 472 g/mol. The third-order valence-corrected chi connectivity index (χ3v) is 7.75. The second-order valence-corrected chi connectivity index (χ2v) is 10.4. The molecule has 0 aliphatic carbocycles. The number of sulfonamides is 1. The molecule has 0 spiro atoms. The summed E-state index contributed by atoms with van der Waals surface area (Å²) in [6, 6.07) is 12.9. The van der Waals surface area contributed by atoms with Crippen LogP contribution in [-0.2, 0) is 16.6 Å². The molecule has 5 nitrogen and oxygen atoms in total. The van der Waals surface area contributed by atoms with E-state index in [1.54, 1.807) is 19.0 Å². The lowest BCUT2D eigenvalue weighted by molar-refractivity contribution is -0.274. The maximum absolute atomic E-state index is 13.3. The first-order valence-corrected chi connectivity index (χ1v) is 11.9. The summed E-state index contributed by atoms with van der Waals surface area (Å²) in [4.78, 5) is 1.79. The van der Waals surface area contributed by atoms with Crippen LogP contribution in [0.1, 0.15) is 11.1 Å². The van der Waals surface area contributed by atoms with Crippen molar-refractivity contribution < 1.29 is 26.3 Å². The van der Waals surface area contributed by atoms with Gasteiger partial charge in [-0.2, -0.15) is 0 Å². The van der Waals surface area contributed by atoms with E-state index < -0.39 is 16.4 Å². The number of ether oxygens (including phenoxy) is 1. The van der Waals surface area contributed by atoms with E-state index in [1.165, 1.54) is 39.9 Å². The summed E-state index contributed by atoms with van der Waals surface area (Å²) in [5, 5.41) is 1.58. The number of halogens is 3. The van der Waals surface area contributed by atoms with Crippen LogP contribution in [0.3, 0.4) is 0 Å². The Labute approximate surface area is 183 Å². The van der Waals surface area contributed by atoms with Crippen molar-refractivity contribution >= 4 is 36.4 Å². The van der Waals surface area contributed by atoms with Crippen LogP contribution in [0.15, 0.2) is 48.5 Å². The largest absolute Gasteiger partial charge is 0.573 e. The number of benzene rings is 2. The van der Waals surface area contributed by atoms with Gasteiger partial charge < -0.3 is 9.64 Å². The number of alkyl halides is 3. The Morgan fingerprint density at radius 2 is 1.68 bits per heavy atom. The van der Waals surface area contributed by atoms with Crippen LogP contribution in [0.25, 0.3) is 10.1 Å². The van der Waals surface area contributed by atoms with Crippen LogP contribution in [0, 0.1) is 6.92 Å². The summed E-state index contributed by atoms with van der Waals surface area (Å²) < 4.78 is 70.0. The van der Waals surface area contributed by atoms with E-state index in [9.17, 15) is 21.6 Å². The molecular weight excluding hydrogens is 449 g/mol. The molecule has 2 aromatic carbocycles. The maximum atomic E-state index is 13.3. The number of thiophene rings is 1. The summed E-state index contributed by atoms with van der Waals surface area (Å²) in [5.41, 5.74) is 1.41. The van der Waals surface area contributed by atoms with E-state index in [2.05, 4.69) is 4.74 Å². The number of fused-ring (bicyclic) bond motifs is 1. The van der Waals surface area contributed by atoms with Gasteiger partial charge >= 0.3 is 6.36 Å². The van der Waals surface area contributed by atoms with Gasteiger partial charge in [0.2, 0.25) is 10.0 Å². The second-order valence-electron chi connectivity index (χ2n) is 7.35. The zero-order valence-electron chi connectivity index (χ0n) is 17.3. The van der Waals surface area contributed by atoms with Gasteiger partial charge in [-0.15, -0.1) is 24.5 Å². The molecule has 0 aliphatic rings. The minimum atomic E-state index is -4.78. The Morgan fingerprint density at radius 3 is 2.26 bits per heavy atom. The lowest BCUT2D eigenvalue weighted by atomic mass is 10.2. The van der Waals surface area contributed by atoms with Gasteiger partial charge in [-0.05, 0) is 55.7 Å². The lowest BCUT2D eigenvalue weighted by Crippen LogP contribution is -2.35. The van der Waals surface area contributed by atoms with Crippen molar-refractivity contribution in [2.75, 3.05) is 30.7 Å². The molecule has 0 aliphatic heterocycles. The van der Waals surface area contributed by atoms with Gasteiger partial charge in [0.15, 0.2) is 0 Å². The molecule has 0 radical (unpaired) electrons. The molecule has 0 N–H and O–H groups in total. The molecule has 1 heterocycles. The molecule has 0 unspecified atom stereocenters. The predicted octanol–water partition coefficient (Wildman–Crippen LogP) is 5.01. The SMILES string of the molecule is Cc1c(N(Cc2ccc(OC(F)(F)F)cc2)S(=O)(=O)CCN(C)C)sc2ccccc12. The van der Waals surface area contributed by atoms with E-state index in [0.717, 1.165) is 15.6 Å². The number of rotatable bonds is 8. The van der Waals surface area contributed by atoms with Gasteiger partial charge in [0.25, 0.3) is 0 Å². The standard InChI is InChI=1S/C21H23F3N2O3S2/c1-15-18-6-4-5-7-19(18)30-20(15)26(31(27,28)13-12-25(2)3)14-16-8-10-17(11-9-16)29-21(22,23)24/h4-11H,12-14H2,1-3H3. The molecule has 0 bridgehead atoms. The van der Waals surface area contributed by atoms with Crippen molar-refractivity contribution in [3.8, 4) is 5.75 Å². The molecule has 0 fully saturated rings. The molecule has 0 saturated carbocycles. The fourth-order valence-electron chi connectivity index (χ4n) is 3.07. The smallest absolute Gasteiger partial charge is 0.406 e. The molecule has 31 heavy (non-hydrogen) atoms. The Morgan fingerprint density at radius 1 is 1.03 bits per heavy atom. The lowest BCUT2D eigenvalue weighted by Gasteiger charge is -2.25. The Bertz CT molecular complexity index is 1140. The molecule has 0 amide bonds. The van der Waals surface area contributed by atoms with Crippen LogP contribution in [0.5, 0.6) is 5.75 Å². The van der Waals surface area contributed by atoms with Crippen LogP contribution in [0.4, 0.5) is 18.2 Å². The van der Waals surface area contributed by atoms with E-state index >= 15 is 0 Å². The minimum absolute atomic E-state index is 0.00964. The first-order chi connectivity index (χ1) is 14.5. The molecule has 3 rings (SSSR count). The first kappa shape index (κ1) is 23.4. The summed E-state index contributed by atoms with van der Waals surface area (Å²) in [6.45, 7) is 2.24. The molecule has 168 valence electrons. The van der Waals surface area contributed by atoms with Crippen molar-refractivity contribution in [3.05, 3.63) is 59.7 Å². The summed E-state index contributed by atoms with van der Waals surface area (Å²) >= 11 is 1.38. The van der Waals surface area contributed by atoms with Crippen LogP contribution < -0.4 is 9.04 Å². The average Bonchev–Trinajstić information content (AvgIpc) is 3.01. The summed E-state index contributed by atoms with van der Waals surface area (Å²) in [6.07, 6.45) is -4.78. The predicted molar refractivity (Wildman–Crippen MR) is 118 cm³/mol. The maximum Gasteiger partial charge on any atom is 0.573 e. The van der Waals surface area contributed by atoms with Gasteiger partial charge in [0.1, 0.15) is 10.8 Å². The van der Waals surface area contributed by atoms with E-state index in [1.807, 2.05) is 31.2 Å². The molecule has 3 aromatic rings. The number of anilines is 1. The van der Waals surface area contributed by atoms with E-state index in [4.69, 9.17) is 0 Å². The molecule has 1 aromatic heterocycles. The van der Waals surface area contributed by atoms with Crippen LogP contribution in [0.2, 0.25) is 0 Å². The number of nitrogens with zero attached hydrogens (tertiary/aromatic N) is 2. The fourth-order valence-corrected chi connectivity index (χ4v) is 6.19. The highest BCUT2D eigenvalue weighted by molar-refractivity contribution is 7.93. The minimum Gasteiger partial charge on any atom is -0.406 e. The van der Waals surface area contributed by atoms with Crippen molar-refractivity contribution in [1.82, 2.24) is 4.90 Å². The quantitative estimate of drug-likeness (QED) is 0.463. The van der Waals surface area contributed by atoms with Crippen molar-refractivity contribution in [2.24, 2.45) is 0 Å². The third kappa shape index (κ3) is 5.90. The van der Waals surface area contributed by atoms with Gasteiger partial charge in [-0.25, -0.2) is 8.42 Å². The Kier molecular flexibility index (Phi) is 6.82. The average molecular weight is 473 g/mol. The topological polar surface area (TPSA) is 49.9 Å². The summed E-state index contributed by atoms with van der Waals surface area (Å²) in [7, 11) is -0.0958. The normalized spacial score (nSPS) is 12.5. The van der Waals surface area contributed by atoms with Gasteiger partial charge in [0, 0.05) is 11.2 Å². The van der Waals surface area contributed by atoms with Crippen molar-refractivity contribution in [3.63, 3.8) is 0 Å². The fraction of sp³-hybridized carbons (Fsp3) is 0.333. The molecule has 10 heteroatoms. The van der Waals surface area contributed by atoms with Crippen molar-refractivity contribution in [1.29, 1.82) is 0 Å². The highest BCUT2D eigenvalue weighted by Crippen LogP contribution is 2.39. The highest BCUT2D eigenvalue weighted by atomic mass is 32.2. The number of aryl methyl sites for hydroxylation is 1. The molecular formula is C21H23F3N2O3S2. The highest BCUT2D eigenvalue weighted by Gasteiger charge is 2.31. The zero-order valence-corrected chi connectivity index (χ0v) is 18.9. The second kappa shape index (κ2) is 9.05. The van der Waals surface area contributed by atoms with Crippen molar-refractivity contribution in [2.45, 2.75) is 19.8 Å². The van der Waals surface area contributed by atoms with Gasteiger partial charge in [-0.3, -0.25) is 4.31 Å². The van der Waals surface area contributed by atoms with Gasteiger partial charge in [0.05, 0.1) is 12.3 Å². The summed E-state index contributed by atoms with van der Waals surface area (Å²) in [5.74, 6) is -0.431. The third-order valence-electron chi connectivity index (χ3n) is 4.66.